The first-order valence-corrected chi connectivity index (χ1v) is 8.01. The Bertz CT molecular complexity index is 426. The first-order valence-electron chi connectivity index (χ1n) is 5.56. The SMILES string of the molecule is CSC1=NC(Cc2ccccc2)C(SC)=NC1. The largest absolute Gasteiger partial charge is 0.274 e. The van der Waals surface area contributed by atoms with Gasteiger partial charge in [0.1, 0.15) is 6.04 Å². The predicted molar refractivity (Wildman–Crippen MR) is 80.7 cm³/mol. The Hall–Kier alpha value is -0.740. The van der Waals surface area contributed by atoms with Crippen molar-refractivity contribution in [3.05, 3.63) is 35.9 Å². The van der Waals surface area contributed by atoms with E-state index in [1.165, 1.54) is 5.56 Å². The fourth-order valence-electron chi connectivity index (χ4n) is 1.81. The van der Waals surface area contributed by atoms with Crippen LogP contribution in [0.4, 0.5) is 0 Å². The van der Waals surface area contributed by atoms with Gasteiger partial charge in [-0.1, -0.05) is 30.3 Å². The van der Waals surface area contributed by atoms with Crippen molar-refractivity contribution >= 4 is 33.6 Å². The van der Waals surface area contributed by atoms with Crippen LogP contribution < -0.4 is 0 Å². The summed E-state index contributed by atoms with van der Waals surface area (Å²) in [6.45, 7) is 0.753. The zero-order valence-corrected chi connectivity index (χ0v) is 11.7. The lowest BCUT2D eigenvalue weighted by Crippen LogP contribution is -2.25. The van der Waals surface area contributed by atoms with E-state index in [0.29, 0.717) is 0 Å². The van der Waals surface area contributed by atoms with Gasteiger partial charge in [0.05, 0.1) is 16.6 Å². The van der Waals surface area contributed by atoms with E-state index in [0.717, 1.165) is 23.1 Å². The number of nitrogens with zero attached hydrogens (tertiary/aromatic N) is 2. The number of thioether (sulfide) groups is 2. The molecule has 90 valence electrons. The van der Waals surface area contributed by atoms with Gasteiger partial charge in [-0.25, -0.2) is 0 Å². The Kier molecular flexibility index (Phi) is 4.68. The molecule has 1 aliphatic rings. The molecule has 17 heavy (non-hydrogen) atoms. The summed E-state index contributed by atoms with van der Waals surface area (Å²) in [4.78, 5) is 9.38. The Balaban J connectivity index is 2.14. The van der Waals surface area contributed by atoms with E-state index >= 15 is 0 Å². The molecule has 2 nitrogen and oxygen atoms in total. The van der Waals surface area contributed by atoms with Gasteiger partial charge in [0.15, 0.2) is 0 Å². The van der Waals surface area contributed by atoms with Crippen LogP contribution in [0.5, 0.6) is 0 Å². The topological polar surface area (TPSA) is 24.7 Å². The van der Waals surface area contributed by atoms with Crippen molar-refractivity contribution in [1.29, 1.82) is 0 Å². The van der Waals surface area contributed by atoms with Crippen LogP contribution in [0.2, 0.25) is 0 Å². The summed E-state index contributed by atoms with van der Waals surface area (Å²) in [6, 6.07) is 10.7. The quantitative estimate of drug-likeness (QED) is 0.820. The second kappa shape index (κ2) is 6.26. The van der Waals surface area contributed by atoms with Crippen molar-refractivity contribution < 1.29 is 0 Å². The van der Waals surface area contributed by atoms with E-state index in [2.05, 4.69) is 41.8 Å². The monoisotopic (exact) mass is 264 g/mol. The van der Waals surface area contributed by atoms with Crippen LogP contribution in [0.25, 0.3) is 0 Å². The van der Waals surface area contributed by atoms with Crippen LogP contribution in [0.1, 0.15) is 5.56 Å². The fraction of sp³-hybridized carbons (Fsp3) is 0.385. The van der Waals surface area contributed by atoms with Crippen LogP contribution in [0, 0.1) is 0 Å². The molecule has 0 fully saturated rings. The summed E-state index contributed by atoms with van der Waals surface area (Å²) >= 11 is 3.43. The average molecular weight is 264 g/mol. The Morgan fingerprint density at radius 2 is 1.94 bits per heavy atom. The minimum Gasteiger partial charge on any atom is -0.274 e. The highest BCUT2D eigenvalue weighted by Gasteiger charge is 2.19. The summed E-state index contributed by atoms with van der Waals surface area (Å²) in [5, 5.41) is 2.30. The standard InChI is InChI=1S/C13H16N2S2/c1-16-12-9-14-13(17-2)11(15-12)8-10-6-4-3-5-7-10/h3-7,11H,8-9H2,1-2H3. The lowest BCUT2D eigenvalue weighted by Gasteiger charge is -2.19. The number of benzene rings is 1. The second-order valence-electron chi connectivity index (χ2n) is 3.79. The molecule has 1 aliphatic heterocycles. The maximum Gasteiger partial charge on any atom is 0.103 e. The summed E-state index contributed by atoms with van der Waals surface area (Å²) < 4.78 is 0. The number of hydrogen-bond donors (Lipinski definition) is 0. The van der Waals surface area contributed by atoms with Crippen molar-refractivity contribution in [2.24, 2.45) is 9.98 Å². The number of rotatable bonds is 2. The van der Waals surface area contributed by atoms with Crippen LogP contribution in [0.3, 0.4) is 0 Å². The van der Waals surface area contributed by atoms with Crippen molar-refractivity contribution in [3.63, 3.8) is 0 Å². The molecule has 1 atom stereocenters. The van der Waals surface area contributed by atoms with Gasteiger partial charge in [0, 0.05) is 6.42 Å². The molecule has 0 radical (unpaired) electrons. The maximum atomic E-state index is 4.78. The normalized spacial score (nSPS) is 19.8. The average Bonchev–Trinajstić information content (AvgIpc) is 2.40. The van der Waals surface area contributed by atoms with E-state index in [-0.39, 0.29) is 6.04 Å². The van der Waals surface area contributed by atoms with Gasteiger partial charge < -0.3 is 0 Å². The third kappa shape index (κ3) is 3.36. The van der Waals surface area contributed by atoms with Crippen molar-refractivity contribution in [3.8, 4) is 0 Å². The van der Waals surface area contributed by atoms with E-state index in [9.17, 15) is 0 Å². The molecule has 0 aromatic heterocycles. The Morgan fingerprint density at radius 3 is 2.59 bits per heavy atom. The van der Waals surface area contributed by atoms with Crippen LogP contribution in [0.15, 0.2) is 40.3 Å². The van der Waals surface area contributed by atoms with E-state index < -0.39 is 0 Å². The molecule has 0 bridgehead atoms. The molecule has 0 spiro atoms. The summed E-state index contributed by atoms with van der Waals surface area (Å²) in [6.07, 6.45) is 5.10. The third-order valence-corrected chi connectivity index (χ3v) is 4.20. The van der Waals surface area contributed by atoms with Gasteiger partial charge in [-0.3, -0.25) is 9.98 Å². The smallest absolute Gasteiger partial charge is 0.103 e. The molecular formula is C13H16N2S2. The van der Waals surface area contributed by atoms with Gasteiger partial charge in [0.25, 0.3) is 0 Å². The van der Waals surface area contributed by atoms with Gasteiger partial charge >= 0.3 is 0 Å². The van der Waals surface area contributed by atoms with Crippen molar-refractivity contribution in [2.75, 3.05) is 19.1 Å². The molecule has 1 aromatic carbocycles. The van der Waals surface area contributed by atoms with Gasteiger partial charge in [-0.2, -0.15) is 0 Å². The summed E-state index contributed by atoms with van der Waals surface area (Å²) in [5.41, 5.74) is 1.32. The lowest BCUT2D eigenvalue weighted by atomic mass is 10.1. The van der Waals surface area contributed by atoms with Gasteiger partial charge in [0.2, 0.25) is 0 Å². The van der Waals surface area contributed by atoms with E-state index in [1.54, 1.807) is 23.5 Å². The molecule has 1 heterocycles. The lowest BCUT2D eigenvalue weighted by molar-refractivity contribution is 0.846. The number of aliphatic imine (C=N–C) groups is 2. The molecule has 0 aliphatic carbocycles. The molecule has 0 amide bonds. The first-order chi connectivity index (χ1) is 8.33. The second-order valence-corrected chi connectivity index (χ2v) is 5.50. The molecule has 0 saturated heterocycles. The van der Waals surface area contributed by atoms with E-state index in [4.69, 9.17) is 4.99 Å². The van der Waals surface area contributed by atoms with Crippen molar-refractivity contribution in [1.82, 2.24) is 0 Å². The molecule has 1 aromatic rings. The molecular weight excluding hydrogens is 248 g/mol. The maximum absolute atomic E-state index is 4.78. The fourth-order valence-corrected chi connectivity index (χ4v) is 2.84. The highest BCUT2D eigenvalue weighted by atomic mass is 32.2. The van der Waals surface area contributed by atoms with Gasteiger partial charge in [-0.05, 0) is 18.1 Å². The van der Waals surface area contributed by atoms with E-state index in [1.807, 2.05) is 6.07 Å². The Morgan fingerprint density at radius 1 is 1.18 bits per heavy atom. The first kappa shape index (κ1) is 12.7. The van der Waals surface area contributed by atoms with Crippen LogP contribution in [-0.2, 0) is 6.42 Å². The highest BCUT2D eigenvalue weighted by molar-refractivity contribution is 8.14. The Labute approximate surface area is 111 Å². The molecule has 0 N–H and O–H groups in total. The van der Waals surface area contributed by atoms with Gasteiger partial charge in [-0.15, -0.1) is 23.5 Å². The zero-order valence-electron chi connectivity index (χ0n) is 10.1. The molecule has 1 unspecified atom stereocenters. The zero-order chi connectivity index (χ0) is 12.1. The minimum absolute atomic E-state index is 0.212. The van der Waals surface area contributed by atoms with Crippen LogP contribution >= 0.6 is 23.5 Å². The molecule has 0 saturated carbocycles. The van der Waals surface area contributed by atoms with Crippen LogP contribution in [-0.4, -0.2) is 35.2 Å². The summed E-state index contributed by atoms with van der Waals surface area (Å²) in [7, 11) is 0. The predicted octanol–water partition coefficient (Wildman–Crippen LogP) is 3.13. The summed E-state index contributed by atoms with van der Waals surface area (Å²) in [5.74, 6) is 0. The minimum atomic E-state index is 0.212. The third-order valence-electron chi connectivity index (χ3n) is 2.67. The number of hydrogen-bond acceptors (Lipinski definition) is 4. The van der Waals surface area contributed by atoms with Crippen molar-refractivity contribution in [2.45, 2.75) is 12.5 Å². The highest BCUT2D eigenvalue weighted by Crippen LogP contribution is 2.19. The molecule has 2 rings (SSSR count). The molecule has 4 heteroatoms.